The number of aryl methyl sites for hydroxylation is 2. The number of rotatable bonds is 6. The highest BCUT2D eigenvalue weighted by Crippen LogP contribution is 2.34. The minimum Gasteiger partial charge on any atom is -0.384 e. The van der Waals surface area contributed by atoms with Gasteiger partial charge in [-0.05, 0) is 63.3 Å². The number of nitrogens with zero attached hydrogens (tertiary/aromatic N) is 1. The van der Waals surface area contributed by atoms with Gasteiger partial charge in [0.1, 0.15) is 0 Å². The smallest absolute Gasteiger partial charge is 0.257 e. The van der Waals surface area contributed by atoms with Crippen molar-refractivity contribution in [3.8, 4) is 0 Å². The van der Waals surface area contributed by atoms with Gasteiger partial charge in [0, 0.05) is 41.9 Å². The van der Waals surface area contributed by atoms with Gasteiger partial charge in [-0.1, -0.05) is 12.1 Å². The lowest BCUT2D eigenvalue weighted by Crippen LogP contribution is -2.21. The second kappa shape index (κ2) is 7.62. The number of carbonyl (C=O) groups is 1. The van der Waals surface area contributed by atoms with Gasteiger partial charge in [-0.15, -0.1) is 0 Å². The van der Waals surface area contributed by atoms with Crippen LogP contribution in [0.2, 0.25) is 0 Å². The fourth-order valence-electron chi connectivity index (χ4n) is 3.09. The average Bonchev–Trinajstić information content (AvgIpc) is 2.91. The van der Waals surface area contributed by atoms with Crippen molar-refractivity contribution in [1.29, 1.82) is 0 Å². The summed E-state index contributed by atoms with van der Waals surface area (Å²) in [6.07, 6.45) is 1.79. The summed E-state index contributed by atoms with van der Waals surface area (Å²) < 4.78 is 0. The number of benzene rings is 2. The molecule has 0 unspecified atom stereocenters. The van der Waals surface area contributed by atoms with Crippen LogP contribution in [0.5, 0.6) is 0 Å². The monoisotopic (exact) mass is 350 g/mol. The van der Waals surface area contributed by atoms with Crippen molar-refractivity contribution >= 4 is 28.5 Å². The third-order valence-corrected chi connectivity index (χ3v) is 4.52. The molecule has 0 saturated carbocycles. The molecule has 2 aromatic carbocycles. The second-order valence-corrected chi connectivity index (χ2v) is 6.91. The average molecular weight is 350 g/mol. The van der Waals surface area contributed by atoms with Gasteiger partial charge in [0.05, 0.1) is 5.57 Å². The molecule has 3 N–H and O–H groups in total. The summed E-state index contributed by atoms with van der Waals surface area (Å²) in [5.41, 5.74) is 6.87. The normalized spacial score (nSPS) is 14.5. The van der Waals surface area contributed by atoms with Gasteiger partial charge in [0.15, 0.2) is 0 Å². The van der Waals surface area contributed by atoms with E-state index in [-0.39, 0.29) is 5.91 Å². The van der Waals surface area contributed by atoms with Gasteiger partial charge in [0.2, 0.25) is 0 Å². The second-order valence-electron chi connectivity index (χ2n) is 6.91. The number of hydrogen-bond donors (Lipinski definition) is 3. The van der Waals surface area contributed by atoms with E-state index in [1.807, 2.05) is 31.2 Å². The summed E-state index contributed by atoms with van der Waals surface area (Å²) in [4.78, 5) is 14.4. The number of hydrogen-bond acceptors (Lipinski definition) is 4. The third kappa shape index (κ3) is 3.89. The highest BCUT2D eigenvalue weighted by molar-refractivity contribution is 6.32. The van der Waals surface area contributed by atoms with E-state index in [0.29, 0.717) is 5.57 Å². The van der Waals surface area contributed by atoms with Gasteiger partial charge in [0.25, 0.3) is 5.91 Å². The highest BCUT2D eigenvalue weighted by Gasteiger charge is 2.25. The van der Waals surface area contributed by atoms with Crippen LogP contribution in [0.25, 0.3) is 5.57 Å². The molecule has 1 heterocycles. The Morgan fingerprint density at radius 2 is 1.92 bits per heavy atom. The number of nitrogens with one attached hydrogen (secondary N) is 3. The van der Waals surface area contributed by atoms with Crippen LogP contribution >= 0.6 is 0 Å². The van der Waals surface area contributed by atoms with E-state index in [4.69, 9.17) is 0 Å². The summed E-state index contributed by atoms with van der Waals surface area (Å²) in [6, 6.07) is 12.1. The number of anilines is 3. The van der Waals surface area contributed by atoms with Crippen molar-refractivity contribution in [2.45, 2.75) is 13.8 Å². The Kier molecular flexibility index (Phi) is 5.28. The molecular weight excluding hydrogens is 324 g/mol. The summed E-state index contributed by atoms with van der Waals surface area (Å²) in [5.74, 6) is -0.0690. The quantitative estimate of drug-likeness (QED) is 0.696. The third-order valence-electron chi connectivity index (χ3n) is 4.52. The van der Waals surface area contributed by atoms with Crippen molar-refractivity contribution in [1.82, 2.24) is 4.90 Å². The SMILES string of the molecule is Cc1cc(NC=C2C(=O)Nc3cccc(C)c32)ccc1NCCN(C)C. The molecule has 0 radical (unpaired) electrons. The molecule has 0 atom stereocenters. The molecule has 0 saturated heterocycles. The number of amides is 1. The molecule has 1 aliphatic rings. The van der Waals surface area contributed by atoms with Crippen LogP contribution in [0, 0.1) is 13.8 Å². The van der Waals surface area contributed by atoms with E-state index in [2.05, 4.69) is 54.0 Å². The van der Waals surface area contributed by atoms with Crippen molar-refractivity contribution in [2.75, 3.05) is 43.1 Å². The van der Waals surface area contributed by atoms with Gasteiger partial charge in [-0.25, -0.2) is 0 Å². The molecule has 136 valence electrons. The predicted molar refractivity (Wildman–Crippen MR) is 110 cm³/mol. The zero-order chi connectivity index (χ0) is 18.7. The maximum absolute atomic E-state index is 12.3. The Labute approximate surface area is 155 Å². The van der Waals surface area contributed by atoms with Crippen LogP contribution < -0.4 is 16.0 Å². The zero-order valence-corrected chi connectivity index (χ0v) is 15.8. The number of fused-ring (bicyclic) bond motifs is 1. The topological polar surface area (TPSA) is 56.4 Å². The summed E-state index contributed by atoms with van der Waals surface area (Å²) in [6.45, 7) is 5.99. The molecule has 3 rings (SSSR count). The van der Waals surface area contributed by atoms with E-state index < -0.39 is 0 Å². The lowest BCUT2D eigenvalue weighted by molar-refractivity contribution is -0.110. The van der Waals surface area contributed by atoms with E-state index in [1.54, 1.807) is 6.20 Å². The minimum absolute atomic E-state index is 0.0690. The lowest BCUT2D eigenvalue weighted by atomic mass is 10.0. The summed E-state index contributed by atoms with van der Waals surface area (Å²) in [7, 11) is 4.13. The molecule has 26 heavy (non-hydrogen) atoms. The standard InChI is InChI=1S/C21H26N4O/c1-14-6-5-7-19-20(14)17(21(26)24-19)13-23-16-8-9-18(15(2)12-16)22-10-11-25(3)4/h5-9,12-13,22-23H,10-11H2,1-4H3,(H,24,26). The minimum atomic E-state index is -0.0690. The molecule has 0 aliphatic carbocycles. The largest absolute Gasteiger partial charge is 0.384 e. The van der Waals surface area contributed by atoms with E-state index in [1.165, 1.54) is 5.56 Å². The highest BCUT2D eigenvalue weighted by atomic mass is 16.2. The molecule has 0 aromatic heterocycles. The van der Waals surface area contributed by atoms with Crippen molar-refractivity contribution < 1.29 is 4.79 Å². The first-order chi connectivity index (χ1) is 12.5. The first-order valence-electron chi connectivity index (χ1n) is 8.83. The van der Waals surface area contributed by atoms with Crippen LogP contribution in [-0.2, 0) is 4.79 Å². The first kappa shape index (κ1) is 18.0. The molecule has 1 aliphatic heterocycles. The molecule has 5 nitrogen and oxygen atoms in total. The van der Waals surface area contributed by atoms with Crippen molar-refractivity contribution in [3.63, 3.8) is 0 Å². The molecule has 1 amide bonds. The fraction of sp³-hybridized carbons (Fsp3) is 0.286. The van der Waals surface area contributed by atoms with Crippen LogP contribution in [0.1, 0.15) is 16.7 Å². The molecule has 5 heteroatoms. The zero-order valence-electron chi connectivity index (χ0n) is 15.8. The Balaban J connectivity index is 1.73. The number of carbonyl (C=O) groups excluding carboxylic acids is 1. The Bertz CT molecular complexity index is 855. The van der Waals surface area contributed by atoms with Crippen molar-refractivity contribution in [2.24, 2.45) is 0 Å². The van der Waals surface area contributed by atoms with E-state index in [0.717, 1.165) is 41.3 Å². The first-order valence-corrected chi connectivity index (χ1v) is 8.83. The van der Waals surface area contributed by atoms with Gasteiger partial charge in [-0.3, -0.25) is 4.79 Å². The molecule has 2 aromatic rings. The van der Waals surface area contributed by atoms with Crippen LogP contribution in [0.15, 0.2) is 42.6 Å². The lowest BCUT2D eigenvalue weighted by Gasteiger charge is -2.14. The molecular formula is C21H26N4O. The van der Waals surface area contributed by atoms with Gasteiger partial charge >= 0.3 is 0 Å². The fourth-order valence-corrected chi connectivity index (χ4v) is 3.09. The maximum atomic E-state index is 12.3. The van der Waals surface area contributed by atoms with E-state index >= 15 is 0 Å². The van der Waals surface area contributed by atoms with E-state index in [9.17, 15) is 4.79 Å². The van der Waals surface area contributed by atoms with Crippen LogP contribution in [0.4, 0.5) is 17.1 Å². The predicted octanol–water partition coefficient (Wildman–Crippen LogP) is 3.68. The Hall–Kier alpha value is -2.79. The summed E-state index contributed by atoms with van der Waals surface area (Å²) in [5, 5.41) is 9.63. The van der Waals surface area contributed by atoms with Crippen molar-refractivity contribution in [3.05, 3.63) is 59.3 Å². The number of likely N-dealkylation sites (N-methyl/N-ethyl adjacent to an activating group) is 1. The van der Waals surface area contributed by atoms with Crippen LogP contribution in [0.3, 0.4) is 0 Å². The Morgan fingerprint density at radius 3 is 2.65 bits per heavy atom. The Morgan fingerprint density at radius 1 is 1.12 bits per heavy atom. The maximum Gasteiger partial charge on any atom is 0.257 e. The van der Waals surface area contributed by atoms with Gasteiger partial charge in [-0.2, -0.15) is 0 Å². The summed E-state index contributed by atoms with van der Waals surface area (Å²) >= 11 is 0. The van der Waals surface area contributed by atoms with Gasteiger partial charge < -0.3 is 20.9 Å². The molecule has 0 fully saturated rings. The molecule has 0 spiro atoms. The molecule has 0 bridgehead atoms. The van der Waals surface area contributed by atoms with Crippen LogP contribution in [-0.4, -0.2) is 38.0 Å².